The third-order valence-electron chi connectivity index (χ3n) is 6.18. The summed E-state index contributed by atoms with van der Waals surface area (Å²) in [5, 5.41) is 14.1. The molecule has 4 N–H and O–H groups in total. The molecule has 9 heteroatoms. The van der Waals surface area contributed by atoms with Crippen molar-refractivity contribution in [1.82, 2.24) is 20.0 Å². The van der Waals surface area contributed by atoms with Crippen LogP contribution in [0.5, 0.6) is 5.75 Å². The van der Waals surface area contributed by atoms with Gasteiger partial charge in [-0.05, 0) is 80.3 Å². The van der Waals surface area contributed by atoms with Gasteiger partial charge in [0.1, 0.15) is 5.75 Å². The van der Waals surface area contributed by atoms with Gasteiger partial charge < -0.3 is 15.8 Å². The smallest absolute Gasteiger partial charge is 0.292 e. The summed E-state index contributed by atoms with van der Waals surface area (Å²) in [7, 11) is 0. The maximum atomic E-state index is 12.5. The minimum absolute atomic E-state index is 0.179. The van der Waals surface area contributed by atoms with Crippen LogP contribution in [-0.4, -0.2) is 32.0 Å². The van der Waals surface area contributed by atoms with Crippen molar-refractivity contribution in [2.75, 3.05) is 11.1 Å². The number of rotatable bonds is 6. The number of hydrogen-bond donors (Lipinski definition) is 3. The lowest BCUT2D eigenvalue weighted by molar-refractivity contribution is -0.111. The van der Waals surface area contributed by atoms with Crippen LogP contribution in [0.4, 0.5) is 11.5 Å². The molecule has 1 fully saturated rings. The summed E-state index contributed by atoms with van der Waals surface area (Å²) in [5.41, 5.74) is 8.70. The molecule has 2 heterocycles. The fourth-order valence-corrected chi connectivity index (χ4v) is 4.44. The first-order valence-corrected chi connectivity index (χ1v) is 11.6. The lowest BCUT2D eigenvalue weighted by atomic mass is 9.98. The minimum Gasteiger partial charge on any atom is -0.490 e. The Labute approximate surface area is 201 Å². The van der Waals surface area contributed by atoms with Gasteiger partial charge in [-0.1, -0.05) is 13.0 Å². The Balaban J connectivity index is 1.56. The van der Waals surface area contributed by atoms with E-state index in [0.717, 1.165) is 24.2 Å². The number of nitrogens with zero attached hydrogens (tertiary/aromatic N) is 3. The molecular formula is C26H26N6O3. The summed E-state index contributed by atoms with van der Waals surface area (Å²) < 4.78 is 7.83. The van der Waals surface area contributed by atoms with E-state index >= 15 is 0 Å². The molecule has 1 saturated carbocycles. The molecule has 35 heavy (non-hydrogen) atoms. The van der Waals surface area contributed by atoms with E-state index in [9.17, 15) is 9.59 Å². The van der Waals surface area contributed by atoms with Crippen molar-refractivity contribution in [1.29, 1.82) is 0 Å². The lowest BCUT2D eigenvalue weighted by Crippen LogP contribution is -2.19. The van der Waals surface area contributed by atoms with Gasteiger partial charge in [-0.2, -0.15) is 10.2 Å². The molecule has 0 bridgehead atoms. The van der Waals surface area contributed by atoms with E-state index in [1.54, 1.807) is 28.9 Å². The number of aromatic nitrogens is 4. The van der Waals surface area contributed by atoms with Gasteiger partial charge in [-0.3, -0.25) is 9.59 Å². The first-order valence-electron chi connectivity index (χ1n) is 11.6. The standard InChI is InChI=1S/C26H26N6O3/c1-2-21(33)28-17-10-12-18(13-11-17)32-24(22-23(31-32)26(34)30-29-25(22)27)16-8-14-20(15-9-16)35-19-6-4-3-5-7-19/h2,8-15,19H,1,3-7H2,(H2,27,29)(H,28,33)(H,30,34). The van der Waals surface area contributed by atoms with Crippen molar-refractivity contribution < 1.29 is 9.53 Å². The number of carbonyl (C=O) groups excluding carboxylic acids is 1. The molecule has 1 aliphatic rings. The van der Waals surface area contributed by atoms with Gasteiger partial charge in [0.05, 0.1) is 22.9 Å². The molecular weight excluding hydrogens is 444 g/mol. The number of fused-ring (bicyclic) bond motifs is 1. The number of H-pyrrole nitrogens is 1. The molecule has 0 aliphatic heterocycles. The number of amides is 1. The van der Waals surface area contributed by atoms with Crippen molar-refractivity contribution >= 4 is 28.3 Å². The van der Waals surface area contributed by atoms with Crippen molar-refractivity contribution in [3.63, 3.8) is 0 Å². The van der Waals surface area contributed by atoms with Gasteiger partial charge in [0.15, 0.2) is 11.3 Å². The summed E-state index contributed by atoms with van der Waals surface area (Å²) in [6.07, 6.45) is 7.28. The number of benzene rings is 2. The fourth-order valence-electron chi connectivity index (χ4n) is 4.44. The van der Waals surface area contributed by atoms with E-state index in [-0.39, 0.29) is 23.3 Å². The zero-order valence-electron chi connectivity index (χ0n) is 19.2. The maximum Gasteiger partial charge on any atom is 0.292 e. The predicted octanol–water partition coefficient (Wildman–Crippen LogP) is 4.19. The molecule has 0 atom stereocenters. The number of ether oxygens (including phenoxy) is 1. The highest BCUT2D eigenvalue weighted by Gasteiger charge is 2.21. The van der Waals surface area contributed by atoms with Crippen LogP contribution in [-0.2, 0) is 4.79 Å². The average Bonchev–Trinajstić information content (AvgIpc) is 3.30. The zero-order valence-corrected chi connectivity index (χ0v) is 19.2. The number of carbonyl (C=O) groups is 1. The second-order valence-corrected chi connectivity index (χ2v) is 8.56. The van der Waals surface area contributed by atoms with Crippen molar-refractivity contribution in [3.05, 3.63) is 71.5 Å². The quantitative estimate of drug-likeness (QED) is 0.363. The minimum atomic E-state index is -0.429. The van der Waals surface area contributed by atoms with Crippen molar-refractivity contribution in [2.45, 2.75) is 38.2 Å². The molecule has 9 nitrogen and oxygen atoms in total. The number of nitrogen functional groups attached to an aromatic ring is 1. The van der Waals surface area contributed by atoms with Crippen LogP contribution < -0.4 is 21.3 Å². The molecule has 0 radical (unpaired) electrons. The first kappa shape index (κ1) is 22.4. The normalized spacial score (nSPS) is 14.1. The molecule has 0 saturated heterocycles. The van der Waals surface area contributed by atoms with E-state index < -0.39 is 5.56 Å². The van der Waals surface area contributed by atoms with E-state index in [2.05, 4.69) is 27.2 Å². The van der Waals surface area contributed by atoms with Crippen LogP contribution in [0.25, 0.3) is 27.8 Å². The fraction of sp³-hybridized carbons (Fsp3) is 0.231. The maximum absolute atomic E-state index is 12.5. The Kier molecular flexibility index (Phi) is 6.05. The summed E-state index contributed by atoms with van der Waals surface area (Å²) in [6.45, 7) is 3.46. The Morgan fingerprint density at radius 1 is 1.11 bits per heavy atom. The Morgan fingerprint density at radius 3 is 2.51 bits per heavy atom. The van der Waals surface area contributed by atoms with E-state index in [1.807, 2.05) is 24.3 Å². The summed E-state index contributed by atoms with van der Waals surface area (Å²) in [5.74, 6) is 0.685. The van der Waals surface area contributed by atoms with Crippen LogP contribution in [0.3, 0.4) is 0 Å². The van der Waals surface area contributed by atoms with Gasteiger partial charge >= 0.3 is 0 Å². The largest absolute Gasteiger partial charge is 0.490 e. The number of aromatic amines is 1. The summed E-state index contributed by atoms with van der Waals surface area (Å²) in [4.78, 5) is 24.1. The van der Waals surface area contributed by atoms with Crippen LogP contribution >= 0.6 is 0 Å². The number of nitrogens with one attached hydrogen (secondary N) is 2. The van der Waals surface area contributed by atoms with E-state index in [0.29, 0.717) is 22.5 Å². The Hall–Kier alpha value is -4.40. The second-order valence-electron chi connectivity index (χ2n) is 8.56. The van der Waals surface area contributed by atoms with Gasteiger partial charge in [0.25, 0.3) is 5.56 Å². The van der Waals surface area contributed by atoms with Gasteiger partial charge in [0.2, 0.25) is 5.91 Å². The SMILES string of the molecule is C=CC(=O)Nc1ccc(-n2nc3c(=O)[nH]nc(N)c3c2-c2ccc(OC3CCCCC3)cc2)cc1. The monoisotopic (exact) mass is 470 g/mol. The molecule has 178 valence electrons. The molecule has 1 amide bonds. The predicted molar refractivity (Wildman–Crippen MR) is 136 cm³/mol. The molecule has 2 aromatic carbocycles. The second kappa shape index (κ2) is 9.46. The first-order chi connectivity index (χ1) is 17.0. The lowest BCUT2D eigenvalue weighted by Gasteiger charge is -2.23. The topological polar surface area (TPSA) is 128 Å². The van der Waals surface area contributed by atoms with E-state index in [4.69, 9.17) is 10.5 Å². The average molecular weight is 471 g/mol. The zero-order chi connectivity index (χ0) is 24.4. The molecule has 2 aromatic heterocycles. The van der Waals surface area contributed by atoms with Gasteiger partial charge in [-0.15, -0.1) is 0 Å². The molecule has 0 unspecified atom stereocenters. The molecule has 1 aliphatic carbocycles. The third kappa shape index (κ3) is 4.52. The molecule has 4 aromatic rings. The van der Waals surface area contributed by atoms with Crippen molar-refractivity contribution in [2.24, 2.45) is 0 Å². The summed E-state index contributed by atoms with van der Waals surface area (Å²) >= 11 is 0. The highest BCUT2D eigenvalue weighted by atomic mass is 16.5. The highest BCUT2D eigenvalue weighted by Crippen LogP contribution is 2.34. The molecule has 5 rings (SSSR count). The Bertz CT molecular complexity index is 1430. The number of anilines is 2. The van der Waals surface area contributed by atoms with Crippen LogP contribution in [0.2, 0.25) is 0 Å². The van der Waals surface area contributed by atoms with Crippen LogP contribution in [0, 0.1) is 0 Å². The van der Waals surface area contributed by atoms with Gasteiger partial charge in [-0.25, -0.2) is 9.78 Å². The summed E-state index contributed by atoms with van der Waals surface area (Å²) in [6, 6.07) is 14.8. The van der Waals surface area contributed by atoms with Gasteiger partial charge in [0, 0.05) is 11.3 Å². The van der Waals surface area contributed by atoms with Crippen LogP contribution in [0.15, 0.2) is 66.0 Å². The van der Waals surface area contributed by atoms with Crippen molar-refractivity contribution in [3.8, 4) is 22.7 Å². The molecule has 0 spiro atoms. The third-order valence-corrected chi connectivity index (χ3v) is 6.18. The highest BCUT2D eigenvalue weighted by molar-refractivity contribution is 6.00. The number of hydrogen-bond acceptors (Lipinski definition) is 6. The van der Waals surface area contributed by atoms with Crippen LogP contribution in [0.1, 0.15) is 32.1 Å². The number of nitrogens with two attached hydrogens (primary N) is 1. The van der Waals surface area contributed by atoms with E-state index in [1.165, 1.54) is 25.3 Å². The Morgan fingerprint density at radius 2 is 1.83 bits per heavy atom.